The minimum absolute atomic E-state index is 0.137. The van der Waals surface area contributed by atoms with Crippen molar-refractivity contribution in [2.75, 3.05) is 16.3 Å². The summed E-state index contributed by atoms with van der Waals surface area (Å²) in [5.41, 5.74) is 2.70. The fraction of sp³-hybridized carbons (Fsp3) is 0.444. The molecule has 7 heteroatoms. The third-order valence-corrected chi connectivity index (χ3v) is 9.50. The first kappa shape index (κ1) is 29.8. The Bertz CT molecular complexity index is 1460. The van der Waals surface area contributed by atoms with Gasteiger partial charge in [-0.1, -0.05) is 55.7 Å². The van der Waals surface area contributed by atoms with Crippen molar-refractivity contribution in [3.8, 4) is 5.75 Å². The van der Waals surface area contributed by atoms with Crippen LogP contribution in [0.2, 0.25) is 0 Å². The summed E-state index contributed by atoms with van der Waals surface area (Å²) in [6.07, 6.45) is 7.79. The lowest BCUT2D eigenvalue weighted by molar-refractivity contribution is 0.124. The number of nitrogens with zero attached hydrogens (tertiary/aromatic N) is 4. The Labute approximate surface area is 261 Å². The number of halogens is 1. The van der Waals surface area contributed by atoms with E-state index in [2.05, 4.69) is 84.0 Å². The Hall–Kier alpha value is -3.29. The van der Waals surface area contributed by atoms with E-state index in [1.54, 1.807) is 12.1 Å². The minimum atomic E-state index is -0.476. The number of hydrogen-bond donors (Lipinski definition) is 0. The highest BCUT2D eigenvalue weighted by atomic mass is 32.1. The van der Waals surface area contributed by atoms with E-state index in [4.69, 9.17) is 21.9 Å². The smallest absolute Gasteiger partial charge is 0.202 e. The topological polar surface area (TPSA) is 31.3 Å². The minimum Gasteiger partial charge on any atom is -0.491 e. The fourth-order valence-corrected chi connectivity index (χ4v) is 7.71. The zero-order valence-corrected chi connectivity index (χ0v) is 26.4. The van der Waals surface area contributed by atoms with Crippen LogP contribution >= 0.6 is 12.2 Å². The first-order valence-electron chi connectivity index (χ1n) is 15.9. The molecule has 1 spiro atoms. The van der Waals surface area contributed by atoms with E-state index in [0.717, 1.165) is 61.7 Å². The molecule has 6 rings (SSSR count). The predicted octanol–water partition coefficient (Wildman–Crippen LogP) is 8.38. The van der Waals surface area contributed by atoms with Gasteiger partial charge in [-0.25, -0.2) is 9.38 Å². The van der Waals surface area contributed by atoms with Gasteiger partial charge in [0.1, 0.15) is 22.9 Å². The molecule has 0 radical (unpaired) electrons. The van der Waals surface area contributed by atoms with Crippen LogP contribution in [0.15, 0.2) is 83.9 Å². The molecule has 1 aliphatic carbocycles. The number of anilines is 2. The second-order valence-corrected chi connectivity index (χ2v) is 13.0. The van der Waals surface area contributed by atoms with E-state index in [1.165, 1.54) is 30.9 Å². The van der Waals surface area contributed by atoms with E-state index in [-0.39, 0.29) is 18.0 Å². The van der Waals surface area contributed by atoms with Crippen LogP contribution < -0.4 is 14.5 Å². The van der Waals surface area contributed by atoms with Crippen LogP contribution in [0.25, 0.3) is 0 Å². The molecular formula is C36H43FN4OS. The highest BCUT2D eigenvalue weighted by Crippen LogP contribution is 2.45. The molecule has 226 valence electrons. The molecule has 5 nitrogen and oxygen atoms in total. The molecule has 3 aromatic carbocycles. The average molecular weight is 599 g/mol. The Balaban J connectivity index is 1.37. The van der Waals surface area contributed by atoms with Gasteiger partial charge < -0.3 is 14.5 Å². The number of thiocarbonyl (C=S) groups is 1. The summed E-state index contributed by atoms with van der Waals surface area (Å²) in [5.74, 6) is 1.68. The maximum absolute atomic E-state index is 14.7. The first-order chi connectivity index (χ1) is 20.8. The molecule has 0 N–H and O–H groups in total. The second-order valence-electron chi connectivity index (χ2n) is 12.6. The van der Waals surface area contributed by atoms with E-state index in [9.17, 15) is 4.39 Å². The average Bonchev–Trinajstić information content (AvgIpc) is 3.26. The zero-order valence-electron chi connectivity index (χ0n) is 25.6. The molecule has 0 bridgehead atoms. The highest BCUT2D eigenvalue weighted by molar-refractivity contribution is 7.80. The summed E-state index contributed by atoms with van der Waals surface area (Å²) in [6.45, 7) is 8.14. The summed E-state index contributed by atoms with van der Waals surface area (Å²) in [6, 6.07) is 26.6. The second kappa shape index (κ2) is 12.7. The molecule has 3 aliphatic rings. The largest absolute Gasteiger partial charge is 0.491 e. The lowest BCUT2D eigenvalue weighted by Crippen LogP contribution is -2.64. The van der Waals surface area contributed by atoms with Crippen molar-refractivity contribution in [3.63, 3.8) is 0 Å². The number of aliphatic imine (C=N–C) groups is 1. The molecule has 2 atom stereocenters. The third-order valence-electron chi connectivity index (χ3n) is 9.23. The van der Waals surface area contributed by atoms with Crippen molar-refractivity contribution < 1.29 is 9.13 Å². The Morgan fingerprint density at radius 1 is 1.00 bits per heavy atom. The summed E-state index contributed by atoms with van der Waals surface area (Å²) in [7, 11) is 0. The van der Waals surface area contributed by atoms with E-state index < -0.39 is 5.54 Å². The summed E-state index contributed by atoms with van der Waals surface area (Å²) < 4.78 is 20.7. The van der Waals surface area contributed by atoms with Gasteiger partial charge in [-0.3, -0.25) is 4.90 Å². The van der Waals surface area contributed by atoms with Crippen LogP contribution in [0.4, 0.5) is 15.8 Å². The molecule has 2 fully saturated rings. The molecule has 2 aliphatic heterocycles. The summed E-state index contributed by atoms with van der Waals surface area (Å²) >= 11 is 6.05. The summed E-state index contributed by atoms with van der Waals surface area (Å²) in [4.78, 5) is 12.5. The number of rotatable bonds is 7. The number of para-hydroxylation sites is 1. The number of ether oxygens (including phenoxy) is 1. The Kier molecular flexibility index (Phi) is 8.83. The molecule has 1 saturated heterocycles. The number of hydrogen-bond acceptors (Lipinski definition) is 4. The lowest BCUT2D eigenvalue weighted by Gasteiger charge is -2.51. The molecule has 2 heterocycles. The lowest BCUT2D eigenvalue weighted by atomic mass is 9.79. The van der Waals surface area contributed by atoms with Crippen LogP contribution in [0.3, 0.4) is 0 Å². The zero-order chi connectivity index (χ0) is 30.0. The van der Waals surface area contributed by atoms with Crippen LogP contribution in [0.1, 0.15) is 71.3 Å². The van der Waals surface area contributed by atoms with Gasteiger partial charge in [-0.2, -0.15) is 0 Å². The van der Waals surface area contributed by atoms with Gasteiger partial charge in [-0.05, 0) is 107 Å². The number of amidine groups is 1. The standard InChI is InChI=1S/C36H43FN4OS/c1-26(2)42-33-19-10-12-28(22-33)25-39-21-20-36(24-27(39)3)34(38-35(43)41(36)32-18-11-13-29(37)23-32)40(30-14-6-4-7-15-30)31-16-8-5-9-17-31/h4,6-7,10-15,18-19,22-23,26-27,31H,5,8-9,16-17,20-21,24-25H2,1-3H3/t27-,36+/m0/s1. The van der Waals surface area contributed by atoms with Crippen LogP contribution in [-0.2, 0) is 6.54 Å². The van der Waals surface area contributed by atoms with E-state index >= 15 is 0 Å². The van der Waals surface area contributed by atoms with Crippen LogP contribution in [0.5, 0.6) is 5.75 Å². The van der Waals surface area contributed by atoms with Crippen molar-refractivity contribution in [1.82, 2.24) is 4.90 Å². The highest BCUT2D eigenvalue weighted by Gasteiger charge is 2.54. The van der Waals surface area contributed by atoms with Gasteiger partial charge >= 0.3 is 0 Å². The number of piperidine rings is 1. The third kappa shape index (κ3) is 6.20. The van der Waals surface area contributed by atoms with Crippen molar-refractivity contribution in [2.24, 2.45) is 4.99 Å². The van der Waals surface area contributed by atoms with Crippen molar-refractivity contribution in [1.29, 1.82) is 0 Å². The quantitative estimate of drug-likeness (QED) is 0.255. The molecule has 1 saturated carbocycles. The molecule has 0 aromatic heterocycles. The van der Waals surface area contributed by atoms with Crippen molar-refractivity contribution in [3.05, 3.63) is 90.2 Å². The predicted molar refractivity (Wildman–Crippen MR) is 179 cm³/mol. The van der Waals surface area contributed by atoms with Gasteiger partial charge in [0.2, 0.25) is 5.11 Å². The molecule has 43 heavy (non-hydrogen) atoms. The van der Waals surface area contributed by atoms with Gasteiger partial charge in [-0.15, -0.1) is 0 Å². The normalized spacial score (nSPS) is 23.2. The maximum atomic E-state index is 14.7. The van der Waals surface area contributed by atoms with E-state index in [1.807, 2.05) is 12.1 Å². The van der Waals surface area contributed by atoms with Gasteiger partial charge in [0.15, 0.2) is 0 Å². The molecule has 0 amide bonds. The Morgan fingerprint density at radius 3 is 2.49 bits per heavy atom. The Morgan fingerprint density at radius 2 is 1.77 bits per heavy atom. The maximum Gasteiger partial charge on any atom is 0.202 e. The fourth-order valence-electron chi connectivity index (χ4n) is 7.35. The molecule has 0 unspecified atom stereocenters. The number of benzene rings is 3. The van der Waals surface area contributed by atoms with Gasteiger partial charge in [0, 0.05) is 36.5 Å². The molecule has 3 aromatic rings. The van der Waals surface area contributed by atoms with Crippen molar-refractivity contribution in [2.45, 2.75) is 96.0 Å². The van der Waals surface area contributed by atoms with Crippen LogP contribution in [0, 0.1) is 5.82 Å². The molecular weight excluding hydrogens is 555 g/mol. The first-order valence-corrected chi connectivity index (χ1v) is 16.3. The van der Waals surface area contributed by atoms with Crippen LogP contribution in [-0.4, -0.2) is 46.1 Å². The monoisotopic (exact) mass is 598 g/mol. The van der Waals surface area contributed by atoms with E-state index in [0.29, 0.717) is 11.2 Å². The number of likely N-dealkylation sites (tertiary alicyclic amines) is 1. The van der Waals surface area contributed by atoms with Gasteiger partial charge in [0.05, 0.1) is 6.10 Å². The van der Waals surface area contributed by atoms with Gasteiger partial charge in [0.25, 0.3) is 0 Å². The summed E-state index contributed by atoms with van der Waals surface area (Å²) in [5, 5.41) is 0.525. The van der Waals surface area contributed by atoms with Crippen molar-refractivity contribution >= 4 is 34.5 Å². The SMILES string of the molecule is CC(C)Oc1cccc(CN2CC[C@@]3(C[C@@H]2C)C(N(c2ccccc2)C2CCCCC2)=NC(=S)N3c2cccc(F)c2)c1.